The molecule has 1 aliphatic heterocycles. The molecule has 0 saturated carbocycles. The van der Waals surface area contributed by atoms with Crippen LogP contribution in [0, 0.1) is 0 Å². The van der Waals surface area contributed by atoms with E-state index >= 15 is 0 Å². The van der Waals surface area contributed by atoms with Crippen LogP contribution in [0.4, 0.5) is 5.69 Å². The normalized spacial score (nSPS) is 13.6. The van der Waals surface area contributed by atoms with Crippen molar-refractivity contribution in [2.24, 2.45) is 0 Å². The van der Waals surface area contributed by atoms with E-state index in [1.54, 1.807) is 0 Å². The van der Waals surface area contributed by atoms with Crippen molar-refractivity contribution in [1.82, 2.24) is 4.90 Å². The Morgan fingerprint density at radius 2 is 1.55 bits per heavy atom. The maximum Gasteiger partial charge on any atom is 0.278 e. The Bertz CT molecular complexity index is 1110. The van der Waals surface area contributed by atoms with Gasteiger partial charge in [-0.2, -0.15) is 0 Å². The van der Waals surface area contributed by atoms with Gasteiger partial charge in [-0.3, -0.25) is 14.5 Å². The third-order valence-electron chi connectivity index (χ3n) is 5.11. The van der Waals surface area contributed by atoms with Gasteiger partial charge in [0.05, 0.1) is 12.2 Å². The van der Waals surface area contributed by atoms with Crippen LogP contribution < -0.4 is 10.1 Å². The third-order valence-corrected chi connectivity index (χ3v) is 5.11. The summed E-state index contributed by atoms with van der Waals surface area (Å²) in [6, 6.07) is 26.5. The molecule has 3 aromatic carbocycles. The van der Waals surface area contributed by atoms with E-state index in [0.717, 1.165) is 5.56 Å². The quantitative estimate of drug-likeness (QED) is 0.553. The van der Waals surface area contributed by atoms with Crippen molar-refractivity contribution in [2.75, 3.05) is 18.5 Å². The summed E-state index contributed by atoms with van der Waals surface area (Å²) in [5.41, 5.74) is 3.17. The van der Waals surface area contributed by atoms with E-state index in [1.165, 1.54) is 4.90 Å². The first-order chi connectivity index (χ1) is 15.2. The maximum absolute atomic E-state index is 13.3. The predicted molar refractivity (Wildman–Crippen MR) is 121 cm³/mol. The monoisotopic (exact) mass is 412 g/mol. The van der Waals surface area contributed by atoms with Gasteiger partial charge >= 0.3 is 0 Å². The minimum absolute atomic E-state index is 0.282. The topological polar surface area (TPSA) is 58.6 Å². The van der Waals surface area contributed by atoms with E-state index in [-0.39, 0.29) is 17.5 Å². The number of anilines is 1. The number of amides is 2. The Balaban J connectivity index is 1.64. The van der Waals surface area contributed by atoms with Gasteiger partial charge in [-0.1, -0.05) is 66.7 Å². The second-order valence-corrected chi connectivity index (χ2v) is 7.20. The van der Waals surface area contributed by atoms with Crippen molar-refractivity contribution < 1.29 is 14.3 Å². The molecule has 4 rings (SSSR count). The minimum Gasteiger partial charge on any atom is -0.494 e. The number of hydrogen-bond acceptors (Lipinski definition) is 4. The van der Waals surface area contributed by atoms with E-state index in [2.05, 4.69) is 5.32 Å². The molecule has 1 N–H and O–H groups in total. The van der Waals surface area contributed by atoms with Crippen LogP contribution in [0.5, 0.6) is 5.75 Å². The average Bonchev–Trinajstić information content (AvgIpc) is 3.03. The summed E-state index contributed by atoms with van der Waals surface area (Å²) in [5.74, 6) is 0.101. The van der Waals surface area contributed by atoms with Gasteiger partial charge in [0.15, 0.2) is 0 Å². The SMILES string of the molecule is CCOc1cccc(NC2=C(c3ccccc3)C(=O)N(CCc3ccccc3)C2=O)c1. The van der Waals surface area contributed by atoms with Gasteiger partial charge in [0.1, 0.15) is 11.4 Å². The smallest absolute Gasteiger partial charge is 0.278 e. The van der Waals surface area contributed by atoms with E-state index < -0.39 is 0 Å². The number of carbonyl (C=O) groups is 2. The maximum atomic E-state index is 13.3. The lowest BCUT2D eigenvalue weighted by molar-refractivity contribution is -0.136. The fraction of sp³-hybridized carbons (Fsp3) is 0.154. The van der Waals surface area contributed by atoms with Crippen molar-refractivity contribution in [3.8, 4) is 5.75 Å². The van der Waals surface area contributed by atoms with Crippen LogP contribution in [-0.4, -0.2) is 29.9 Å². The Morgan fingerprint density at radius 1 is 0.839 bits per heavy atom. The second kappa shape index (κ2) is 9.30. The lowest BCUT2D eigenvalue weighted by Crippen LogP contribution is -2.34. The standard InChI is InChI=1S/C26H24N2O3/c1-2-31-22-15-9-14-21(18-22)27-24-23(20-12-7-4-8-13-20)25(29)28(26(24)30)17-16-19-10-5-3-6-11-19/h3-15,18,27H,2,16-17H2,1H3. The zero-order valence-electron chi connectivity index (χ0n) is 17.4. The predicted octanol–water partition coefficient (Wildman–Crippen LogP) is 4.52. The van der Waals surface area contributed by atoms with Crippen molar-refractivity contribution in [3.05, 3.63) is 102 Å². The fourth-order valence-electron chi connectivity index (χ4n) is 3.63. The van der Waals surface area contributed by atoms with Gasteiger partial charge in [-0.15, -0.1) is 0 Å². The number of rotatable bonds is 8. The van der Waals surface area contributed by atoms with Crippen LogP contribution in [0.3, 0.4) is 0 Å². The van der Waals surface area contributed by atoms with Crippen LogP contribution in [0.25, 0.3) is 5.57 Å². The summed E-state index contributed by atoms with van der Waals surface area (Å²) >= 11 is 0. The van der Waals surface area contributed by atoms with Gasteiger partial charge in [0.25, 0.3) is 11.8 Å². The highest BCUT2D eigenvalue weighted by atomic mass is 16.5. The Labute approximate surface area is 182 Å². The molecule has 3 aromatic rings. The molecule has 0 radical (unpaired) electrons. The van der Waals surface area contributed by atoms with Crippen molar-refractivity contribution in [2.45, 2.75) is 13.3 Å². The molecule has 0 bridgehead atoms. The summed E-state index contributed by atoms with van der Waals surface area (Å²) in [6.07, 6.45) is 0.605. The van der Waals surface area contributed by atoms with Gasteiger partial charge in [-0.25, -0.2) is 0 Å². The average molecular weight is 412 g/mol. The summed E-state index contributed by atoms with van der Waals surface area (Å²) in [6.45, 7) is 2.79. The molecule has 156 valence electrons. The molecule has 0 unspecified atom stereocenters. The summed E-state index contributed by atoms with van der Waals surface area (Å²) < 4.78 is 5.56. The lowest BCUT2D eigenvalue weighted by atomic mass is 10.0. The van der Waals surface area contributed by atoms with E-state index in [9.17, 15) is 9.59 Å². The number of nitrogens with one attached hydrogen (secondary N) is 1. The molecule has 0 saturated heterocycles. The number of carbonyl (C=O) groups excluding carboxylic acids is 2. The van der Waals surface area contributed by atoms with Gasteiger partial charge in [-0.05, 0) is 36.6 Å². The van der Waals surface area contributed by atoms with E-state index in [4.69, 9.17) is 4.74 Å². The van der Waals surface area contributed by atoms with Crippen molar-refractivity contribution in [3.63, 3.8) is 0 Å². The molecule has 31 heavy (non-hydrogen) atoms. The van der Waals surface area contributed by atoms with Gasteiger partial charge in [0, 0.05) is 18.3 Å². The number of imide groups is 1. The minimum atomic E-state index is -0.318. The molecule has 5 nitrogen and oxygen atoms in total. The molecule has 0 spiro atoms. The van der Waals surface area contributed by atoms with E-state index in [0.29, 0.717) is 42.1 Å². The Hall–Kier alpha value is -3.86. The van der Waals surface area contributed by atoms with Crippen LogP contribution >= 0.6 is 0 Å². The number of hydrogen-bond donors (Lipinski definition) is 1. The largest absolute Gasteiger partial charge is 0.494 e. The van der Waals surface area contributed by atoms with Crippen LogP contribution in [0.2, 0.25) is 0 Å². The number of nitrogens with zero attached hydrogens (tertiary/aromatic N) is 1. The van der Waals surface area contributed by atoms with Crippen molar-refractivity contribution in [1.29, 1.82) is 0 Å². The highest BCUT2D eigenvalue weighted by Crippen LogP contribution is 2.31. The summed E-state index contributed by atoms with van der Waals surface area (Å²) in [7, 11) is 0. The van der Waals surface area contributed by atoms with Crippen molar-refractivity contribution >= 4 is 23.1 Å². The summed E-state index contributed by atoms with van der Waals surface area (Å²) in [5, 5.41) is 3.18. The van der Waals surface area contributed by atoms with E-state index in [1.807, 2.05) is 91.9 Å². The second-order valence-electron chi connectivity index (χ2n) is 7.20. The lowest BCUT2D eigenvalue weighted by Gasteiger charge is -2.15. The molecule has 0 atom stereocenters. The van der Waals surface area contributed by atoms with Crippen LogP contribution in [0.15, 0.2) is 90.6 Å². The van der Waals surface area contributed by atoms with Crippen LogP contribution in [0.1, 0.15) is 18.1 Å². The van der Waals surface area contributed by atoms with Gasteiger partial charge < -0.3 is 10.1 Å². The molecule has 1 heterocycles. The molecular weight excluding hydrogens is 388 g/mol. The number of ether oxygens (including phenoxy) is 1. The Kier molecular flexibility index (Phi) is 6.13. The molecule has 1 aliphatic rings. The zero-order valence-corrected chi connectivity index (χ0v) is 17.4. The highest BCUT2D eigenvalue weighted by Gasteiger charge is 2.38. The molecule has 0 aliphatic carbocycles. The fourth-order valence-corrected chi connectivity index (χ4v) is 3.63. The van der Waals surface area contributed by atoms with Gasteiger partial charge in [0.2, 0.25) is 0 Å². The first-order valence-electron chi connectivity index (χ1n) is 10.4. The molecule has 0 aromatic heterocycles. The first-order valence-corrected chi connectivity index (χ1v) is 10.4. The highest BCUT2D eigenvalue weighted by molar-refractivity contribution is 6.36. The molecule has 0 fully saturated rings. The molecular formula is C26H24N2O3. The number of benzene rings is 3. The molecule has 5 heteroatoms. The Morgan fingerprint density at radius 3 is 2.26 bits per heavy atom. The first kappa shape index (κ1) is 20.4. The molecule has 2 amide bonds. The summed E-state index contributed by atoms with van der Waals surface area (Å²) in [4.78, 5) is 27.9. The third kappa shape index (κ3) is 4.51. The zero-order chi connectivity index (χ0) is 21.6. The van der Waals surface area contributed by atoms with Crippen LogP contribution in [-0.2, 0) is 16.0 Å².